The van der Waals surface area contributed by atoms with E-state index >= 15 is 0 Å². The van der Waals surface area contributed by atoms with Crippen LogP contribution in [-0.4, -0.2) is 16.1 Å². The number of rotatable bonds is 3. The fraction of sp³-hybridized carbons (Fsp3) is 0.588. The first kappa shape index (κ1) is 14.9. The van der Waals surface area contributed by atoms with Gasteiger partial charge in [-0.15, -0.1) is 0 Å². The molecule has 3 rings (SSSR count). The highest BCUT2D eigenvalue weighted by atomic mass is 35.5. The monoisotopic (exact) mass is 305 g/mol. The molecule has 1 fully saturated rings. The first-order chi connectivity index (χ1) is 10.1. The van der Waals surface area contributed by atoms with Gasteiger partial charge in [0.25, 0.3) is 0 Å². The summed E-state index contributed by atoms with van der Waals surface area (Å²) >= 11 is 6.14. The standard InChI is InChI=1S/C17H24ClN3/c1-12(2)21-15-7-6-13(18)10-14(15)20-16(21)17(11-19)8-4-3-5-9-17/h6-7,10,12H,3-5,8-9,11,19H2,1-2H3. The molecular weight excluding hydrogens is 282 g/mol. The minimum absolute atomic E-state index is 0.0357. The van der Waals surface area contributed by atoms with E-state index in [4.69, 9.17) is 22.3 Å². The van der Waals surface area contributed by atoms with Crippen molar-refractivity contribution in [3.05, 3.63) is 29.0 Å². The summed E-state index contributed by atoms with van der Waals surface area (Å²) in [5.74, 6) is 1.16. The highest BCUT2D eigenvalue weighted by Gasteiger charge is 2.37. The van der Waals surface area contributed by atoms with E-state index in [1.165, 1.54) is 24.8 Å². The number of aromatic nitrogens is 2. The number of benzene rings is 1. The van der Waals surface area contributed by atoms with Crippen molar-refractivity contribution >= 4 is 22.6 Å². The molecule has 0 bridgehead atoms. The van der Waals surface area contributed by atoms with Gasteiger partial charge in [-0.3, -0.25) is 0 Å². The fourth-order valence-electron chi connectivity index (χ4n) is 3.72. The van der Waals surface area contributed by atoms with Gasteiger partial charge in [0.1, 0.15) is 5.82 Å². The maximum Gasteiger partial charge on any atom is 0.117 e. The molecule has 0 saturated heterocycles. The lowest BCUT2D eigenvalue weighted by atomic mass is 9.73. The van der Waals surface area contributed by atoms with Crippen LogP contribution < -0.4 is 5.73 Å². The Morgan fingerprint density at radius 2 is 2.00 bits per heavy atom. The molecule has 1 aliphatic rings. The number of hydrogen-bond donors (Lipinski definition) is 1. The number of imidazole rings is 1. The van der Waals surface area contributed by atoms with Crippen LogP contribution in [0.4, 0.5) is 0 Å². The number of hydrogen-bond acceptors (Lipinski definition) is 2. The summed E-state index contributed by atoms with van der Waals surface area (Å²) in [7, 11) is 0. The Morgan fingerprint density at radius 3 is 2.62 bits per heavy atom. The molecule has 0 radical (unpaired) electrons. The predicted octanol–water partition coefficient (Wildman–Crippen LogP) is 4.43. The lowest BCUT2D eigenvalue weighted by Crippen LogP contribution is -2.40. The summed E-state index contributed by atoms with van der Waals surface area (Å²) in [6.45, 7) is 5.11. The van der Waals surface area contributed by atoms with E-state index in [1.54, 1.807) is 0 Å². The quantitative estimate of drug-likeness (QED) is 0.911. The number of halogens is 1. The molecule has 0 aliphatic heterocycles. The zero-order valence-electron chi connectivity index (χ0n) is 12.9. The lowest BCUT2D eigenvalue weighted by Gasteiger charge is -2.36. The molecule has 0 unspecified atom stereocenters. The molecule has 1 heterocycles. The smallest absolute Gasteiger partial charge is 0.117 e. The van der Waals surface area contributed by atoms with Crippen molar-refractivity contribution in [1.82, 2.24) is 9.55 Å². The Bertz CT molecular complexity index is 639. The van der Waals surface area contributed by atoms with Crippen LogP contribution in [0.15, 0.2) is 18.2 Å². The van der Waals surface area contributed by atoms with E-state index in [0.717, 1.165) is 29.2 Å². The first-order valence-corrected chi connectivity index (χ1v) is 8.33. The molecule has 0 atom stereocenters. The van der Waals surface area contributed by atoms with Crippen molar-refractivity contribution in [2.24, 2.45) is 5.73 Å². The third kappa shape index (κ3) is 2.47. The molecule has 1 aromatic heterocycles. The van der Waals surface area contributed by atoms with Crippen LogP contribution >= 0.6 is 11.6 Å². The van der Waals surface area contributed by atoms with Crippen LogP contribution in [0.3, 0.4) is 0 Å². The molecule has 114 valence electrons. The second-order valence-electron chi connectivity index (χ2n) is 6.58. The molecule has 1 aliphatic carbocycles. The van der Waals surface area contributed by atoms with Crippen molar-refractivity contribution in [2.75, 3.05) is 6.54 Å². The van der Waals surface area contributed by atoms with Gasteiger partial charge in [0.05, 0.1) is 11.0 Å². The Hall–Kier alpha value is -1.06. The van der Waals surface area contributed by atoms with Gasteiger partial charge >= 0.3 is 0 Å². The maximum absolute atomic E-state index is 6.21. The third-order valence-corrected chi connectivity index (χ3v) is 5.08. The summed E-state index contributed by atoms with van der Waals surface area (Å²) in [6, 6.07) is 6.37. The molecule has 1 aromatic carbocycles. The van der Waals surface area contributed by atoms with Gasteiger partial charge in [-0.25, -0.2) is 4.98 Å². The molecule has 21 heavy (non-hydrogen) atoms. The van der Waals surface area contributed by atoms with Gasteiger partial charge in [-0.05, 0) is 44.9 Å². The second-order valence-corrected chi connectivity index (χ2v) is 7.01. The normalized spacial score (nSPS) is 18.5. The summed E-state index contributed by atoms with van der Waals surface area (Å²) in [5.41, 5.74) is 8.41. The molecule has 3 nitrogen and oxygen atoms in total. The van der Waals surface area contributed by atoms with E-state index in [1.807, 2.05) is 12.1 Å². The Balaban J connectivity index is 2.22. The van der Waals surface area contributed by atoms with Gasteiger partial charge < -0.3 is 10.3 Å². The summed E-state index contributed by atoms with van der Waals surface area (Å²) in [4.78, 5) is 4.96. The average Bonchev–Trinajstić information content (AvgIpc) is 2.87. The van der Waals surface area contributed by atoms with Crippen molar-refractivity contribution in [3.8, 4) is 0 Å². The molecule has 2 aromatic rings. The summed E-state index contributed by atoms with van der Waals surface area (Å²) in [5, 5.41) is 0.743. The third-order valence-electron chi connectivity index (χ3n) is 4.84. The van der Waals surface area contributed by atoms with Crippen LogP contribution in [0.5, 0.6) is 0 Å². The van der Waals surface area contributed by atoms with Gasteiger partial charge in [-0.2, -0.15) is 0 Å². The SMILES string of the molecule is CC(C)n1c(C2(CN)CCCCC2)nc2cc(Cl)ccc21. The highest BCUT2D eigenvalue weighted by molar-refractivity contribution is 6.31. The van der Waals surface area contributed by atoms with Crippen LogP contribution in [0.25, 0.3) is 11.0 Å². The van der Waals surface area contributed by atoms with Gasteiger partial charge in [0, 0.05) is 23.0 Å². The molecule has 1 saturated carbocycles. The zero-order chi connectivity index (χ0) is 15.0. The van der Waals surface area contributed by atoms with Crippen LogP contribution in [0.1, 0.15) is 57.8 Å². The Labute approximate surface area is 131 Å². The molecule has 4 heteroatoms. The predicted molar refractivity (Wildman–Crippen MR) is 88.9 cm³/mol. The first-order valence-electron chi connectivity index (χ1n) is 7.95. The molecule has 0 amide bonds. The highest BCUT2D eigenvalue weighted by Crippen LogP contribution is 2.40. The van der Waals surface area contributed by atoms with Gasteiger partial charge in [-0.1, -0.05) is 30.9 Å². The van der Waals surface area contributed by atoms with Crippen molar-refractivity contribution in [3.63, 3.8) is 0 Å². The topological polar surface area (TPSA) is 43.8 Å². The van der Waals surface area contributed by atoms with Crippen LogP contribution in [-0.2, 0) is 5.41 Å². The Morgan fingerprint density at radius 1 is 1.29 bits per heavy atom. The van der Waals surface area contributed by atoms with E-state index in [9.17, 15) is 0 Å². The van der Waals surface area contributed by atoms with E-state index < -0.39 is 0 Å². The largest absolute Gasteiger partial charge is 0.329 e. The minimum Gasteiger partial charge on any atom is -0.329 e. The number of nitrogens with zero attached hydrogens (tertiary/aromatic N) is 2. The van der Waals surface area contributed by atoms with E-state index in [2.05, 4.69) is 24.5 Å². The lowest BCUT2D eigenvalue weighted by molar-refractivity contribution is 0.274. The number of nitrogens with two attached hydrogens (primary N) is 1. The zero-order valence-corrected chi connectivity index (χ0v) is 13.7. The van der Waals surface area contributed by atoms with Crippen molar-refractivity contribution in [2.45, 2.75) is 57.4 Å². The second kappa shape index (κ2) is 5.62. The average molecular weight is 306 g/mol. The van der Waals surface area contributed by atoms with Crippen LogP contribution in [0, 0.1) is 0 Å². The van der Waals surface area contributed by atoms with Crippen molar-refractivity contribution < 1.29 is 0 Å². The molecule has 2 N–H and O–H groups in total. The molecule has 0 spiro atoms. The van der Waals surface area contributed by atoms with Crippen molar-refractivity contribution in [1.29, 1.82) is 0 Å². The van der Waals surface area contributed by atoms with Crippen LogP contribution in [0.2, 0.25) is 5.02 Å². The summed E-state index contributed by atoms with van der Waals surface area (Å²) in [6.07, 6.45) is 6.11. The maximum atomic E-state index is 6.21. The number of fused-ring (bicyclic) bond motifs is 1. The summed E-state index contributed by atoms with van der Waals surface area (Å²) < 4.78 is 2.36. The van der Waals surface area contributed by atoms with E-state index in [0.29, 0.717) is 12.6 Å². The minimum atomic E-state index is 0.0357. The Kier molecular flexibility index (Phi) is 3.98. The fourth-order valence-corrected chi connectivity index (χ4v) is 3.88. The molecular formula is C17H24ClN3. The van der Waals surface area contributed by atoms with Gasteiger partial charge in [0.15, 0.2) is 0 Å². The van der Waals surface area contributed by atoms with Gasteiger partial charge in [0.2, 0.25) is 0 Å². The van der Waals surface area contributed by atoms with E-state index in [-0.39, 0.29) is 5.41 Å².